The number of allylic oxidation sites excluding steroid dienone is 1. The van der Waals surface area contributed by atoms with Crippen molar-refractivity contribution < 1.29 is 9.90 Å². The van der Waals surface area contributed by atoms with Gasteiger partial charge < -0.3 is 5.11 Å². The molecule has 0 spiro atoms. The summed E-state index contributed by atoms with van der Waals surface area (Å²) >= 11 is 0. The number of aliphatic hydroxyl groups is 1. The zero-order chi connectivity index (χ0) is 16.5. The summed E-state index contributed by atoms with van der Waals surface area (Å²) in [5.74, 6) is 4.93. The molecule has 0 aromatic heterocycles. The van der Waals surface area contributed by atoms with Crippen LogP contribution in [0.3, 0.4) is 0 Å². The van der Waals surface area contributed by atoms with E-state index >= 15 is 0 Å². The molecule has 2 heteroatoms. The molecule has 2 nitrogen and oxygen atoms in total. The molecular formula is C21H28O2. The standard InChI is InChI=1S/C21H28O2/c1-4-21(23)12-9-18-16-6-5-14-13-15(22)7-10-19(14,2)17(16)8-11-20(18,21)3/h1,13,16-18,23H,5-12H2,2-3H3/t16-,17?,18?,19-,20-,21?/m0/s1. The number of carbonyl (C=O) groups excluding carboxylic acids is 1. The smallest absolute Gasteiger partial charge is 0.155 e. The molecule has 4 aliphatic carbocycles. The first-order valence-corrected chi connectivity index (χ1v) is 9.28. The van der Waals surface area contributed by atoms with Crippen LogP contribution in [0.15, 0.2) is 11.6 Å². The van der Waals surface area contributed by atoms with Crippen molar-refractivity contribution in [2.24, 2.45) is 28.6 Å². The maximum atomic E-state index is 11.8. The molecule has 23 heavy (non-hydrogen) atoms. The highest BCUT2D eigenvalue weighted by Gasteiger charge is 2.63. The molecule has 4 aliphatic rings. The normalized spacial score (nSPS) is 52.0. The van der Waals surface area contributed by atoms with E-state index in [4.69, 9.17) is 6.42 Å². The zero-order valence-corrected chi connectivity index (χ0v) is 14.4. The van der Waals surface area contributed by atoms with Crippen LogP contribution in [0.1, 0.15) is 65.2 Å². The molecule has 0 aromatic carbocycles. The van der Waals surface area contributed by atoms with Crippen LogP contribution in [0.25, 0.3) is 0 Å². The molecule has 3 fully saturated rings. The third-order valence-corrected chi connectivity index (χ3v) is 8.35. The maximum Gasteiger partial charge on any atom is 0.155 e. The minimum atomic E-state index is -0.914. The van der Waals surface area contributed by atoms with Crippen LogP contribution >= 0.6 is 0 Å². The molecule has 0 aliphatic heterocycles. The van der Waals surface area contributed by atoms with Gasteiger partial charge in [0.25, 0.3) is 0 Å². The molecule has 1 N–H and O–H groups in total. The van der Waals surface area contributed by atoms with Crippen molar-refractivity contribution >= 4 is 5.78 Å². The molecule has 3 unspecified atom stereocenters. The average Bonchev–Trinajstić information content (AvgIpc) is 2.80. The molecular weight excluding hydrogens is 284 g/mol. The third kappa shape index (κ3) is 1.84. The van der Waals surface area contributed by atoms with Crippen LogP contribution in [0, 0.1) is 40.9 Å². The largest absolute Gasteiger partial charge is 0.377 e. The summed E-state index contributed by atoms with van der Waals surface area (Å²) in [6.07, 6.45) is 15.6. The van der Waals surface area contributed by atoms with Gasteiger partial charge in [-0.25, -0.2) is 0 Å². The molecule has 4 rings (SSSR count). The molecule has 0 amide bonds. The number of terminal acetylenes is 1. The van der Waals surface area contributed by atoms with Gasteiger partial charge in [-0.05, 0) is 74.2 Å². The number of carbonyl (C=O) groups is 1. The molecule has 0 bridgehead atoms. The van der Waals surface area contributed by atoms with Crippen LogP contribution in [0.2, 0.25) is 0 Å². The SMILES string of the molecule is C#CC1(O)CCC2[C@H]3CCC4=CC(=O)CC[C@]4(C)C3CC[C@@]21C. The summed E-state index contributed by atoms with van der Waals surface area (Å²) in [4.78, 5) is 11.8. The van der Waals surface area contributed by atoms with Crippen molar-refractivity contribution in [3.63, 3.8) is 0 Å². The van der Waals surface area contributed by atoms with E-state index in [1.54, 1.807) is 0 Å². The minimum Gasteiger partial charge on any atom is -0.377 e. The Bertz CT molecular complexity index is 626. The number of hydrogen-bond acceptors (Lipinski definition) is 2. The second kappa shape index (κ2) is 4.73. The summed E-state index contributed by atoms with van der Waals surface area (Å²) in [6.45, 7) is 4.63. The van der Waals surface area contributed by atoms with E-state index in [1.807, 2.05) is 6.08 Å². The first kappa shape index (κ1) is 15.5. The zero-order valence-electron chi connectivity index (χ0n) is 14.4. The lowest BCUT2D eigenvalue weighted by Gasteiger charge is -2.58. The lowest BCUT2D eigenvalue weighted by atomic mass is 9.46. The number of ketones is 1. The average molecular weight is 312 g/mol. The van der Waals surface area contributed by atoms with Gasteiger partial charge in [-0.2, -0.15) is 0 Å². The van der Waals surface area contributed by atoms with Crippen LogP contribution in [-0.2, 0) is 4.79 Å². The van der Waals surface area contributed by atoms with Gasteiger partial charge in [0, 0.05) is 11.8 Å². The highest BCUT2D eigenvalue weighted by atomic mass is 16.3. The first-order chi connectivity index (χ1) is 10.8. The predicted molar refractivity (Wildman–Crippen MR) is 90.5 cm³/mol. The van der Waals surface area contributed by atoms with Crippen molar-refractivity contribution in [3.8, 4) is 12.3 Å². The fraction of sp³-hybridized carbons (Fsp3) is 0.762. The molecule has 0 saturated heterocycles. The van der Waals surface area contributed by atoms with Gasteiger partial charge in [0.2, 0.25) is 0 Å². The van der Waals surface area contributed by atoms with Gasteiger partial charge >= 0.3 is 0 Å². The van der Waals surface area contributed by atoms with Gasteiger partial charge in [-0.1, -0.05) is 25.3 Å². The summed E-state index contributed by atoms with van der Waals surface area (Å²) < 4.78 is 0. The van der Waals surface area contributed by atoms with E-state index in [0.717, 1.165) is 38.5 Å². The number of fused-ring (bicyclic) bond motifs is 5. The van der Waals surface area contributed by atoms with Crippen molar-refractivity contribution in [3.05, 3.63) is 11.6 Å². The van der Waals surface area contributed by atoms with Crippen LogP contribution in [0.4, 0.5) is 0 Å². The Hall–Kier alpha value is -1.07. The Morgan fingerprint density at radius 3 is 2.61 bits per heavy atom. The van der Waals surface area contributed by atoms with Gasteiger partial charge in [0.15, 0.2) is 5.78 Å². The van der Waals surface area contributed by atoms with Crippen molar-refractivity contribution in [1.82, 2.24) is 0 Å². The van der Waals surface area contributed by atoms with E-state index in [2.05, 4.69) is 19.8 Å². The monoisotopic (exact) mass is 312 g/mol. The molecule has 124 valence electrons. The van der Waals surface area contributed by atoms with Crippen LogP contribution in [0.5, 0.6) is 0 Å². The highest BCUT2D eigenvalue weighted by Crippen LogP contribution is 2.67. The maximum absolute atomic E-state index is 11.8. The molecule has 3 saturated carbocycles. The highest BCUT2D eigenvalue weighted by molar-refractivity contribution is 5.91. The fourth-order valence-corrected chi connectivity index (χ4v) is 6.81. The minimum absolute atomic E-state index is 0.120. The third-order valence-electron chi connectivity index (χ3n) is 8.35. The van der Waals surface area contributed by atoms with Crippen molar-refractivity contribution in [2.75, 3.05) is 0 Å². The van der Waals surface area contributed by atoms with Gasteiger partial charge in [-0.15, -0.1) is 6.42 Å². The van der Waals surface area contributed by atoms with E-state index < -0.39 is 5.60 Å². The Kier molecular flexibility index (Phi) is 3.18. The number of rotatable bonds is 0. The first-order valence-electron chi connectivity index (χ1n) is 9.28. The van der Waals surface area contributed by atoms with Gasteiger partial charge in [-0.3, -0.25) is 4.79 Å². The Morgan fingerprint density at radius 1 is 1.13 bits per heavy atom. The lowest BCUT2D eigenvalue weighted by molar-refractivity contribution is -0.119. The van der Waals surface area contributed by atoms with Crippen molar-refractivity contribution in [2.45, 2.75) is 70.8 Å². The Balaban J connectivity index is 1.70. The van der Waals surface area contributed by atoms with E-state index in [9.17, 15) is 9.90 Å². The summed E-state index contributed by atoms with van der Waals surface area (Å²) in [7, 11) is 0. The summed E-state index contributed by atoms with van der Waals surface area (Å²) in [6, 6.07) is 0. The van der Waals surface area contributed by atoms with Gasteiger partial charge in [0.05, 0.1) is 0 Å². The Labute approximate surface area is 139 Å². The quantitative estimate of drug-likeness (QED) is 0.689. The summed E-state index contributed by atoms with van der Waals surface area (Å²) in [5, 5.41) is 11.0. The second-order valence-corrected chi connectivity index (χ2v) is 8.97. The molecule has 0 radical (unpaired) electrons. The molecule has 0 heterocycles. The van der Waals surface area contributed by atoms with E-state index in [1.165, 1.54) is 12.0 Å². The lowest BCUT2D eigenvalue weighted by Crippen LogP contribution is -2.54. The van der Waals surface area contributed by atoms with E-state index in [0.29, 0.717) is 30.0 Å². The van der Waals surface area contributed by atoms with E-state index in [-0.39, 0.29) is 10.8 Å². The topological polar surface area (TPSA) is 37.3 Å². The Morgan fingerprint density at radius 2 is 1.87 bits per heavy atom. The van der Waals surface area contributed by atoms with Crippen LogP contribution < -0.4 is 0 Å². The number of hydrogen-bond donors (Lipinski definition) is 1. The van der Waals surface area contributed by atoms with Gasteiger partial charge in [0.1, 0.15) is 5.60 Å². The molecule has 6 atom stereocenters. The second-order valence-electron chi connectivity index (χ2n) is 8.97. The summed E-state index contributed by atoms with van der Waals surface area (Å²) in [5.41, 5.74) is 0.575. The molecule has 0 aromatic rings. The van der Waals surface area contributed by atoms with Crippen molar-refractivity contribution in [1.29, 1.82) is 0 Å². The predicted octanol–water partition coefficient (Wildman–Crippen LogP) is 3.88. The fourth-order valence-electron chi connectivity index (χ4n) is 6.81. The van der Waals surface area contributed by atoms with Crippen LogP contribution in [-0.4, -0.2) is 16.5 Å².